The molecular weight excluding hydrogens is 398 g/mol. The number of aromatic nitrogens is 2. The zero-order chi connectivity index (χ0) is 21.3. The van der Waals surface area contributed by atoms with Gasteiger partial charge in [0.05, 0.1) is 11.0 Å². The molecule has 9 nitrogen and oxygen atoms in total. The van der Waals surface area contributed by atoms with Crippen molar-refractivity contribution in [3.05, 3.63) is 41.0 Å². The Kier molecular flexibility index (Phi) is 6.06. The van der Waals surface area contributed by atoms with E-state index >= 15 is 0 Å². The minimum atomic E-state index is -3.97. The molecule has 158 valence electrons. The van der Waals surface area contributed by atoms with Gasteiger partial charge in [-0.25, -0.2) is 8.42 Å². The summed E-state index contributed by atoms with van der Waals surface area (Å²) >= 11 is 0. The lowest BCUT2D eigenvalue weighted by Gasteiger charge is -2.22. The van der Waals surface area contributed by atoms with Crippen LogP contribution in [-0.2, 0) is 26.2 Å². The highest BCUT2D eigenvalue weighted by Gasteiger charge is 2.44. The minimum absolute atomic E-state index is 0.0377. The Hall–Kier alpha value is -2.30. The Morgan fingerprint density at radius 3 is 2.69 bits per heavy atom. The standard InChI is InChI=1S/C19H25N3O6S/c1-11(2)18-20-17(28-21-18)10-27-19(24)16-8-14(23)9-22(16)29(25,26)15-6-5-12(3)13(4)7-15/h5-7,11,14,16,23H,8-10H2,1-4H3/t14?,16-/m0/s1. The van der Waals surface area contributed by atoms with Gasteiger partial charge in [-0.05, 0) is 37.1 Å². The molecule has 2 aromatic rings. The Labute approximate surface area is 169 Å². The van der Waals surface area contributed by atoms with Crippen LogP contribution >= 0.6 is 0 Å². The minimum Gasteiger partial charge on any atom is -0.454 e. The normalized spacial score (nSPS) is 20.3. The van der Waals surface area contributed by atoms with Crippen molar-refractivity contribution in [2.45, 2.75) is 63.7 Å². The number of hydrogen-bond acceptors (Lipinski definition) is 8. The molecule has 2 heterocycles. The molecule has 0 bridgehead atoms. The van der Waals surface area contributed by atoms with E-state index in [1.54, 1.807) is 12.1 Å². The number of nitrogens with zero attached hydrogens (tertiary/aromatic N) is 3. The SMILES string of the molecule is Cc1ccc(S(=O)(=O)N2CC(O)C[C@H]2C(=O)OCc2nc(C(C)C)no2)cc1C. The fraction of sp³-hybridized carbons (Fsp3) is 0.526. The average molecular weight is 423 g/mol. The van der Waals surface area contributed by atoms with E-state index in [2.05, 4.69) is 10.1 Å². The van der Waals surface area contributed by atoms with E-state index in [0.29, 0.717) is 5.82 Å². The van der Waals surface area contributed by atoms with Gasteiger partial charge < -0.3 is 14.4 Å². The summed E-state index contributed by atoms with van der Waals surface area (Å²) < 4.78 is 37.4. The smallest absolute Gasteiger partial charge is 0.325 e. The number of esters is 1. The summed E-state index contributed by atoms with van der Waals surface area (Å²) in [6, 6.07) is 3.65. The van der Waals surface area contributed by atoms with Gasteiger partial charge in [0.1, 0.15) is 6.04 Å². The maximum Gasteiger partial charge on any atom is 0.325 e. The summed E-state index contributed by atoms with van der Waals surface area (Å²) in [5.41, 5.74) is 1.78. The third kappa shape index (κ3) is 4.49. The molecule has 0 aliphatic carbocycles. The first-order valence-electron chi connectivity index (χ1n) is 9.36. The molecule has 0 spiro atoms. The van der Waals surface area contributed by atoms with Gasteiger partial charge in [-0.15, -0.1) is 0 Å². The van der Waals surface area contributed by atoms with Gasteiger partial charge in [0.25, 0.3) is 5.89 Å². The third-order valence-corrected chi connectivity index (χ3v) is 6.80. The van der Waals surface area contributed by atoms with Crippen LogP contribution in [0.4, 0.5) is 0 Å². The Morgan fingerprint density at radius 1 is 1.34 bits per heavy atom. The first-order valence-corrected chi connectivity index (χ1v) is 10.8. The van der Waals surface area contributed by atoms with Crippen LogP contribution in [-0.4, -0.2) is 52.6 Å². The summed E-state index contributed by atoms with van der Waals surface area (Å²) in [7, 11) is -3.97. The zero-order valence-electron chi connectivity index (χ0n) is 16.8. The molecule has 10 heteroatoms. The maximum atomic E-state index is 13.1. The summed E-state index contributed by atoms with van der Waals surface area (Å²) in [5.74, 6) is -0.0829. The first-order chi connectivity index (χ1) is 13.6. The van der Waals surface area contributed by atoms with Crippen LogP contribution in [0.5, 0.6) is 0 Å². The zero-order valence-corrected chi connectivity index (χ0v) is 17.6. The molecule has 1 aromatic heterocycles. The molecule has 0 saturated carbocycles. The van der Waals surface area contributed by atoms with Crippen LogP contribution in [0.15, 0.2) is 27.6 Å². The lowest BCUT2D eigenvalue weighted by Crippen LogP contribution is -2.41. The average Bonchev–Trinajstić information content (AvgIpc) is 3.29. The van der Waals surface area contributed by atoms with Crippen LogP contribution in [0.25, 0.3) is 0 Å². The van der Waals surface area contributed by atoms with Gasteiger partial charge in [0, 0.05) is 18.9 Å². The molecule has 1 aliphatic rings. The van der Waals surface area contributed by atoms with Crippen molar-refractivity contribution in [3.8, 4) is 0 Å². The largest absolute Gasteiger partial charge is 0.454 e. The van der Waals surface area contributed by atoms with Crippen molar-refractivity contribution in [2.75, 3.05) is 6.54 Å². The van der Waals surface area contributed by atoms with Gasteiger partial charge in [-0.1, -0.05) is 25.1 Å². The van der Waals surface area contributed by atoms with Crippen LogP contribution in [0.1, 0.15) is 49.0 Å². The highest BCUT2D eigenvalue weighted by Crippen LogP contribution is 2.28. The fourth-order valence-corrected chi connectivity index (χ4v) is 4.78. The molecule has 1 aromatic carbocycles. The lowest BCUT2D eigenvalue weighted by atomic mass is 10.1. The molecular formula is C19H25N3O6S. The van der Waals surface area contributed by atoms with E-state index < -0.39 is 28.1 Å². The van der Waals surface area contributed by atoms with Crippen molar-refractivity contribution >= 4 is 16.0 Å². The van der Waals surface area contributed by atoms with Crippen molar-refractivity contribution in [2.24, 2.45) is 0 Å². The molecule has 1 N–H and O–H groups in total. The molecule has 1 aliphatic heterocycles. The van der Waals surface area contributed by atoms with Gasteiger partial charge in [-0.2, -0.15) is 9.29 Å². The van der Waals surface area contributed by atoms with E-state index in [0.717, 1.165) is 15.4 Å². The number of aliphatic hydroxyl groups is 1. The van der Waals surface area contributed by atoms with Crippen molar-refractivity contribution < 1.29 is 27.6 Å². The molecule has 2 atom stereocenters. The topological polar surface area (TPSA) is 123 Å². The number of aryl methyl sites for hydroxylation is 2. The van der Waals surface area contributed by atoms with E-state index in [1.807, 2.05) is 27.7 Å². The number of benzene rings is 1. The number of rotatable bonds is 6. The van der Waals surface area contributed by atoms with Gasteiger partial charge >= 0.3 is 5.97 Å². The molecule has 0 radical (unpaired) electrons. The fourth-order valence-electron chi connectivity index (χ4n) is 3.06. The second kappa shape index (κ2) is 8.21. The number of carbonyl (C=O) groups is 1. The molecule has 3 rings (SSSR count). The monoisotopic (exact) mass is 423 g/mol. The maximum absolute atomic E-state index is 13.1. The molecule has 1 saturated heterocycles. The lowest BCUT2D eigenvalue weighted by molar-refractivity contribution is -0.149. The number of β-amino-alcohol motifs (C(OH)–C–C–N with tert-alkyl or cyclic N) is 1. The number of hydrogen-bond donors (Lipinski definition) is 1. The predicted octanol–water partition coefficient (Wildman–Crippen LogP) is 1.68. The van der Waals surface area contributed by atoms with E-state index in [9.17, 15) is 18.3 Å². The number of ether oxygens (including phenoxy) is 1. The van der Waals surface area contributed by atoms with Crippen molar-refractivity contribution in [1.82, 2.24) is 14.4 Å². The van der Waals surface area contributed by atoms with Gasteiger partial charge in [0.15, 0.2) is 12.4 Å². The second-order valence-electron chi connectivity index (χ2n) is 7.53. The van der Waals surface area contributed by atoms with E-state index in [1.165, 1.54) is 6.07 Å². The van der Waals surface area contributed by atoms with Crippen molar-refractivity contribution in [1.29, 1.82) is 0 Å². The molecule has 29 heavy (non-hydrogen) atoms. The van der Waals surface area contributed by atoms with Gasteiger partial charge in [0.2, 0.25) is 10.0 Å². The summed E-state index contributed by atoms with van der Waals surface area (Å²) in [4.78, 5) is 16.8. The quantitative estimate of drug-likeness (QED) is 0.696. The predicted molar refractivity (Wildman–Crippen MR) is 102 cm³/mol. The van der Waals surface area contributed by atoms with Crippen LogP contribution in [0.3, 0.4) is 0 Å². The summed E-state index contributed by atoms with van der Waals surface area (Å²) in [6.45, 7) is 7.06. The van der Waals surface area contributed by atoms with E-state index in [4.69, 9.17) is 9.26 Å². The van der Waals surface area contributed by atoms with Crippen molar-refractivity contribution in [3.63, 3.8) is 0 Å². The molecule has 1 fully saturated rings. The highest BCUT2D eigenvalue weighted by molar-refractivity contribution is 7.89. The number of carbonyl (C=O) groups excluding carboxylic acids is 1. The Bertz CT molecular complexity index is 1000. The van der Waals surface area contributed by atoms with Crippen LogP contribution in [0.2, 0.25) is 0 Å². The summed E-state index contributed by atoms with van der Waals surface area (Å²) in [6.07, 6.45) is -0.992. The molecule has 1 unspecified atom stereocenters. The number of aliphatic hydroxyl groups excluding tert-OH is 1. The second-order valence-corrected chi connectivity index (χ2v) is 9.43. The third-order valence-electron chi connectivity index (χ3n) is 4.93. The van der Waals surface area contributed by atoms with Gasteiger partial charge in [-0.3, -0.25) is 4.79 Å². The first kappa shape index (κ1) is 21.4. The summed E-state index contributed by atoms with van der Waals surface area (Å²) in [5, 5.41) is 13.8. The Balaban J connectivity index is 1.76. The number of sulfonamides is 1. The van der Waals surface area contributed by atoms with E-state index in [-0.39, 0.29) is 36.3 Å². The molecule has 0 amide bonds. The Morgan fingerprint density at radius 2 is 2.07 bits per heavy atom. The van der Waals surface area contributed by atoms with Crippen LogP contribution in [0, 0.1) is 13.8 Å². The van der Waals surface area contributed by atoms with Crippen LogP contribution < -0.4 is 0 Å². The highest BCUT2D eigenvalue weighted by atomic mass is 32.2.